The quantitative estimate of drug-likeness (QED) is 0.242. The summed E-state index contributed by atoms with van der Waals surface area (Å²) in [6.45, 7) is 0. The van der Waals surface area contributed by atoms with Gasteiger partial charge in [-0.15, -0.1) is 0 Å². The van der Waals surface area contributed by atoms with E-state index in [0.717, 1.165) is 11.2 Å². The Morgan fingerprint density at radius 1 is 0.424 bits per heavy atom. The van der Waals surface area contributed by atoms with Crippen molar-refractivity contribution in [3.8, 4) is 11.1 Å². The number of hydrogen-bond donors (Lipinski definition) is 0. The molecule has 8 rings (SSSR count). The Hall–Kier alpha value is -4.36. The maximum absolute atomic E-state index is 6.55. The molecule has 0 N–H and O–H groups in total. The third-order valence-electron chi connectivity index (χ3n) is 7.19. The molecule has 0 aliphatic rings. The molecule has 0 amide bonds. The van der Waals surface area contributed by atoms with E-state index in [4.69, 9.17) is 4.42 Å². The summed E-state index contributed by atoms with van der Waals surface area (Å²) in [5, 5.41) is 12.5. The lowest BCUT2D eigenvalue weighted by atomic mass is 9.91. The molecule has 1 heteroatoms. The molecule has 152 valence electrons. The summed E-state index contributed by atoms with van der Waals surface area (Å²) in [6, 6.07) is 39.4. The first-order chi connectivity index (χ1) is 16.4. The van der Waals surface area contributed by atoms with E-state index in [1.807, 2.05) is 0 Å². The predicted octanol–water partition coefficient (Wildman–Crippen LogP) is 9.30. The molecule has 33 heavy (non-hydrogen) atoms. The molecule has 1 nitrogen and oxygen atoms in total. The maximum Gasteiger partial charge on any atom is 0.143 e. The SMILES string of the molecule is c1ccc2c(-c3ccc4oc5c6cccc7ccc8cccc(c5c4c3)c8c76)cccc2c1. The average molecular weight is 418 g/mol. The first-order valence-corrected chi connectivity index (χ1v) is 11.4. The number of furan rings is 1. The van der Waals surface area contributed by atoms with Crippen molar-refractivity contribution < 1.29 is 4.42 Å². The maximum atomic E-state index is 6.55. The summed E-state index contributed by atoms with van der Waals surface area (Å²) in [4.78, 5) is 0. The second-order valence-corrected chi connectivity index (χ2v) is 8.92. The second-order valence-electron chi connectivity index (χ2n) is 8.92. The van der Waals surface area contributed by atoms with Crippen LogP contribution in [0.3, 0.4) is 0 Å². The van der Waals surface area contributed by atoms with Crippen LogP contribution in [0, 0.1) is 0 Å². The molecule has 0 saturated carbocycles. The first-order valence-electron chi connectivity index (χ1n) is 11.4. The fourth-order valence-corrected chi connectivity index (χ4v) is 5.75. The number of hydrogen-bond acceptors (Lipinski definition) is 1. The van der Waals surface area contributed by atoms with Crippen molar-refractivity contribution in [3.63, 3.8) is 0 Å². The van der Waals surface area contributed by atoms with Crippen LogP contribution < -0.4 is 0 Å². The van der Waals surface area contributed by atoms with E-state index in [0.29, 0.717) is 0 Å². The molecule has 0 spiro atoms. The van der Waals surface area contributed by atoms with Crippen LogP contribution in [0.5, 0.6) is 0 Å². The normalized spacial score (nSPS) is 12.2. The van der Waals surface area contributed by atoms with Gasteiger partial charge in [0.2, 0.25) is 0 Å². The smallest absolute Gasteiger partial charge is 0.143 e. The summed E-state index contributed by atoms with van der Waals surface area (Å²) in [5.74, 6) is 0. The van der Waals surface area contributed by atoms with Crippen molar-refractivity contribution in [2.75, 3.05) is 0 Å². The van der Waals surface area contributed by atoms with Crippen molar-refractivity contribution >= 4 is 65.0 Å². The molecule has 0 aliphatic heterocycles. The van der Waals surface area contributed by atoms with Gasteiger partial charge in [0.05, 0.1) is 0 Å². The lowest BCUT2D eigenvalue weighted by molar-refractivity contribution is 0.673. The van der Waals surface area contributed by atoms with Gasteiger partial charge in [0.25, 0.3) is 0 Å². The molecule has 0 atom stereocenters. The van der Waals surface area contributed by atoms with Crippen LogP contribution in [0.25, 0.3) is 76.2 Å². The molecule has 8 aromatic rings. The zero-order chi connectivity index (χ0) is 21.5. The monoisotopic (exact) mass is 418 g/mol. The Bertz CT molecular complexity index is 2020. The van der Waals surface area contributed by atoms with Gasteiger partial charge in [0.15, 0.2) is 0 Å². The summed E-state index contributed by atoms with van der Waals surface area (Å²) < 4.78 is 6.55. The minimum absolute atomic E-state index is 0.936. The summed E-state index contributed by atoms with van der Waals surface area (Å²) in [7, 11) is 0. The van der Waals surface area contributed by atoms with Crippen LogP contribution in [0.1, 0.15) is 0 Å². The highest BCUT2D eigenvalue weighted by Crippen LogP contribution is 2.45. The van der Waals surface area contributed by atoms with Gasteiger partial charge in [0.1, 0.15) is 11.2 Å². The van der Waals surface area contributed by atoms with E-state index in [1.165, 1.54) is 65.0 Å². The molecular weight excluding hydrogens is 400 g/mol. The van der Waals surface area contributed by atoms with Crippen LogP contribution >= 0.6 is 0 Å². The molecule has 0 saturated heterocycles. The zero-order valence-electron chi connectivity index (χ0n) is 17.8. The molecule has 0 aliphatic carbocycles. The molecule has 1 aromatic heterocycles. The Kier molecular flexibility index (Phi) is 3.19. The summed E-state index contributed by atoms with van der Waals surface area (Å²) in [6.07, 6.45) is 0. The van der Waals surface area contributed by atoms with Crippen LogP contribution in [0.2, 0.25) is 0 Å². The van der Waals surface area contributed by atoms with Gasteiger partial charge in [-0.25, -0.2) is 0 Å². The first kappa shape index (κ1) is 17.2. The fraction of sp³-hybridized carbons (Fsp3) is 0. The van der Waals surface area contributed by atoms with Gasteiger partial charge in [-0.2, -0.15) is 0 Å². The van der Waals surface area contributed by atoms with Gasteiger partial charge >= 0.3 is 0 Å². The minimum Gasteiger partial charge on any atom is -0.455 e. The van der Waals surface area contributed by atoms with Crippen LogP contribution in [-0.2, 0) is 0 Å². The van der Waals surface area contributed by atoms with Crippen molar-refractivity contribution in [2.45, 2.75) is 0 Å². The van der Waals surface area contributed by atoms with Crippen molar-refractivity contribution in [1.29, 1.82) is 0 Å². The van der Waals surface area contributed by atoms with E-state index in [-0.39, 0.29) is 0 Å². The molecule has 0 unspecified atom stereocenters. The van der Waals surface area contributed by atoms with Gasteiger partial charge in [0, 0.05) is 21.5 Å². The van der Waals surface area contributed by atoms with Crippen molar-refractivity contribution in [3.05, 3.63) is 109 Å². The van der Waals surface area contributed by atoms with Gasteiger partial charge in [-0.1, -0.05) is 97.1 Å². The van der Waals surface area contributed by atoms with Crippen molar-refractivity contribution in [2.24, 2.45) is 0 Å². The minimum atomic E-state index is 0.936. The lowest BCUT2D eigenvalue weighted by Crippen LogP contribution is -1.85. The fourth-order valence-electron chi connectivity index (χ4n) is 5.75. The number of rotatable bonds is 1. The highest BCUT2D eigenvalue weighted by atomic mass is 16.3. The molecule has 0 radical (unpaired) electrons. The van der Waals surface area contributed by atoms with Gasteiger partial charge in [-0.05, 0) is 55.6 Å². The zero-order valence-corrected chi connectivity index (χ0v) is 17.8. The molecule has 0 bridgehead atoms. The molecule has 7 aromatic carbocycles. The molecular formula is C32H18O. The largest absolute Gasteiger partial charge is 0.455 e. The predicted molar refractivity (Wildman–Crippen MR) is 140 cm³/mol. The lowest BCUT2D eigenvalue weighted by Gasteiger charge is -2.11. The number of benzene rings is 7. The molecule has 0 fully saturated rings. The Morgan fingerprint density at radius 2 is 1.09 bits per heavy atom. The summed E-state index contributed by atoms with van der Waals surface area (Å²) >= 11 is 0. The Labute approximate surface area is 189 Å². The van der Waals surface area contributed by atoms with Gasteiger partial charge in [-0.3, -0.25) is 0 Å². The van der Waals surface area contributed by atoms with Gasteiger partial charge < -0.3 is 4.42 Å². The number of fused-ring (bicyclic) bond motifs is 6. The van der Waals surface area contributed by atoms with E-state index < -0.39 is 0 Å². The molecule has 1 heterocycles. The highest BCUT2D eigenvalue weighted by Gasteiger charge is 2.18. The van der Waals surface area contributed by atoms with E-state index >= 15 is 0 Å². The Morgan fingerprint density at radius 3 is 1.97 bits per heavy atom. The standard InChI is InChI=1S/C32H18O/c1-2-10-23-19(6-1)7-3-11-24(23)22-16-17-28-27(18-22)31-25-12-4-8-20-14-15-21-9-5-13-26(32(31)33-28)30(21)29(20)25/h1-18H. The van der Waals surface area contributed by atoms with Crippen LogP contribution in [0.15, 0.2) is 114 Å². The van der Waals surface area contributed by atoms with Crippen molar-refractivity contribution in [1.82, 2.24) is 0 Å². The highest BCUT2D eigenvalue weighted by molar-refractivity contribution is 6.36. The van der Waals surface area contributed by atoms with E-state index in [2.05, 4.69) is 109 Å². The second kappa shape index (κ2) is 6.11. The van der Waals surface area contributed by atoms with Crippen LogP contribution in [-0.4, -0.2) is 0 Å². The average Bonchev–Trinajstić information content (AvgIpc) is 3.27. The van der Waals surface area contributed by atoms with Crippen LogP contribution in [0.4, 0.5) is 0 Å². The van der Waals surface area contributed by atoms with E-state index in [9.17, 15) is 0 Å². The third-order valence-corrected chi connectivity index (χ3v) is 7.19. The topological polar surface area (TPSA) is 13.1 Å². The summed E-state index contributed by atoms with van der Waals surface area (Å²) in [5.41, 5.74) is 4.39. The van der Waals surface area contributed by atoms with E-state index in [1.54, 1.807) is 0 Å². The Balaban J connectivity index is 1.57. The third kappa shape index (κ3) is 2.21.